The number of amides is 1. The summed E-state index contributed by atoms with van der Waals surface area (Å²) in [4.78, 5) is 34.1. The summed E-state index contributed by atoms with van der Waals surface area (Å²) in [5.74, 6) is -4.34. The van der Waals surface area contributed by atoms with Crippen LogP contribution < -0.4 is 5.32 Å². The van der Waals surface area contributed by atoms with Crippen LogP contribution in [0.15, 0.2) is 30.3 Å². The van der Waals surface area contributed by atoms with Gasteiger partial charge in [-0.05, 0) is 19.1 Å². The number of esters is 1. The molecule has 0 aliphatic heterocycles. The van der Waals surface area contributed by atoms with Crippen molar-refractivity contribution >= 4 is 23.3 Å². The number of ether oxygens (including phenoxy) is 1. The van der Waals surface area contributed by atoms with Crippen molar-refractivity contribution in [3.63, 3.8) is 0 Å². The van der Waals surface area contributed by atoms with E-state index in [1.165, 1.54) is 25.1 Å². The van der Waals surface area contributed by atoms with E-state index < -0.39 is 45.4 Å². The van der Waals surface area contributed by atoms with Gasteiger partial charge < -0.3 is 10.1 Å². The van der Waals surface area contributed by atoms with Crippen LogP contribution in [0.4, 0.5) is 20.2 Å². The van der Waals surface area contributed by atoms with Gasteiger partial charge in [0.25, 0.3) is 11.6 Å². The Hall–Kier alpha value is -3.36. The summed E-state index contributed by atoms with van der Waals surface area (Å²) in [5, 5.41) is 13.2. The molecule has 0 fully saturated rings. The molecule has 0 bridgehead atoms. The molecule has 9 heteroatoms. The molecule has 25 heavy (non-hydrogen) atoms. The first-order valence-electron chi connectivity index (χ1n) is 6.89. The number of carbonyl (C=O) groups excluding carboxylic acids is 2. The fourth-order valence-electron chi connectivity index (χ4n) is 2.19. The Balaban J connectivity index is 2.44. The number of anilines is 1. The van der Waals surface area contributed by atoms with Crippen molar-refractivity contribution < 1.29 is 28.0 Å². The molecule has 1 N–H and O–H groups in total. The van der Waals surface area contributed by atoms with Crippen LogP contribution in [0.5, 0.6) is 0 Å². The smallest absolute Gasteiger partial charge is 0.340 e. The minimum absolute atomic E-state index is 0.243. The SMILES string of the molecule is COC(=O)c1cc(NC(=O)c2cccc(C)c2[N+](=O)[O-])c(F)cc1F. The summed E-state index contributed by atoms with van der Waals surface area (Å²) in [6, 6.07) is 5.24. The third kappa shape index (κ3) is 3.60. The van der Waals surface area contributed by atoms with Crippen molar-refractivity contribution in [2.45, 2.75) is 6.92 Å². The van der Waals surface area contributed by atoms with E-state index in [2.05, 4.69) is 10.1 Å². The number of halogens is 2. The normalized spacial score (nSPS) is 10.2. The molecule has 2 aromatic carbocycles. The summed E-state index contributed by atoms with van der Waals surface area (Å²) >= 11 is 0. The van der Waals surface area contributed by atoms with Gasteiger partial charge in [-0.25, -0.2) is 13.6 Å². The molecule has 2 rings (SSSR count). The fourth-order valence-corrected chi connectivity index (χ4v) is 2.19. The number of nitro groups is 1. The number of benzene rings is 2. The van der Waals surface area contributed by atoms with Crippen LogP contribution in [-0.4, -0.2) is 23.9 Å². The largest absolute Gasteiger partial charge is 0.465 e. The van der Waals surface area contributed by atoms with Crippen molar-refractivity contribution in [2.24, 2.45) is 0 Å². The van der Waals surface area contributed by atoms with Gasteiger partial charge in [-0.2, -0.15) is 0 Å². The Morgan fingerprint density at radius 2 is 1.84 bits per heavy atom. The Kier molecular flexibility index (Phi) is 5.06. The van der Waals surface area contributed by atoms with E-state index in [1.807, 2.05) is 0 Å². The molecule has 7 nitrogen and oxygen atoms in total. The average Bonchev–Trinajstić information content (AvgIpc) is 2.55. The number of nitrogens with zero attached hydrogens (tertiary/aromatic N) is 1. The number of methoxy groups -OCH3 is 1. The molecule has 0 aromatic heterocycles. The van der Waals surface area contributed by atoms with Crippen LogP contribution >= 0.6 is 0 Å². The lowest BCUT2D eigenvalue weighted by Crippen LogP contribution is -2.16. The Bertz CT molecular complexity index is 883. The van der Waals surface area contributed by atoms with Gasteiger partial charge in [-0.1, -0.05) is 12.1 Å². The third-order valence-corrected chi connectivity index (χ3v) is 3.38. The zero-order valence-electron chi connectivity index (χ0n) is 13.1. The monoisotopic (exact) mass is 350 g/mol. The second-order valence-corrected chi connectivity index (χ2v) is 4.99. The van der Waals surface area contributed by atoms with E-state index in [0.717, 1.165) is 13.2 Å². The summed E-state index contributed by atoms with van der Waals surface area (Å²) in [6.45, 7) is 1.45. The van der Waals surface area contributed by atoms with Crippen LogP contribution in [0.3, 0.4) is 0 Å². The van der Waals surface area contributed by atoms with Gasteiger partial charge in [0.1, 0.15) is 17.2 Å². The van der Waals surface area contributed by atoms with E-state index >= 15 is 0 Å². The summed E-state index contributed by atoms with van der Waals surface area (Å²) < 4.78 is 31.8. The first kappa shape index (κ1) is 18.0. The molecule has 0 unspecified atom stereocenters. The molecule has 0 aliphatic carbocycles. The number of para-hydroxylation sites is 1. The zero-order valence-corrected chi connectivity index (χ0v) is 13.1. The lowest BCUT2D eigenvalue weighted by atomic mass is 10.1. The third-order valence-electron chi connectivity index (χ3n) is 3.38. The Labute approximate surface area is 140 Å². The number of nitro benzene ring substituents is 1. The molecule has 0 aliphatic rings. The number of aryl methyl sites for hydroxylation is 1. The van der Waals surface area contributed by atoms with Crippen LogP contribution in [0.25, 0.3) is 0 Å². The minimum atomic E-state index is -1.16. The van der Waals surface area contributed by atoms with E-state index in [1.54, 1.807) is 0 Å². The van der Waals surface area contributed by atoms with Crippen molar-refractivity contribution in [3.8, 4) is 0 Å². The van der Waals surface area contributed by atoms with Crippen molar-refractivity contribution in [1.29, 1.82) is 0 Å². The lowest BCUT2D eigenvalue weighted by Gasteiger charge is -2.10. The highest BCUT2D eigenvalue weighted by Crippen LogP contribution is 2.26. The van der Waals surface area contributed by atoms with Gasteiger partial charge >= 0.3 is 5.97 Å². The summed E-state index contributed by atoms with van der Waals surface area (Å²) in [6.07, 6.45) is 0. The van der Waals surface area contributed by atoms with Crippen molar-refractivity contribution in [1.82, 2.24) is 0 Å². The quantitative estimate of drug-likeness (QED) is 0.519. The van der Waals surface area contributed by atoms with Crippen molar-refractivity contribution in [3.05, 3.63) is 68.8 Å². The van der Waals surface area contributed by atoms with Crippen LogP contribution in [-0.2, 0) is 4.74 Å². The molecule has 0 atom stereocenters. The highest BCUT2D eigenvalue weighted by molar-refractivity contribution is 6.07. The van der Waals surface area contributed by atoms with Gasteiger partial charge in [0.15, 0.2) is 0 Å². The second-order valence-electron chi connectivity index (χ2n) is 4.99. The molecule has 0 radical (unpaired) electrons. The Morgan fingerprint density at radius 3 is 2.44 bits per heavy atom. The van der Waals surface area contributed by atoms with Gasteiger partial charge in [0.2, 0.25) is 0 Å². The standard InChI is InChI=1S/C16H12F2N2O5/c1-8-4-3-5-9(14(8)20(23)24)15(21)19-13-6-10(16(22)25-2)11(17)7-12(13)18/h3-7H,1-2H3,(H,19,21). The maximum absolute atomic E-state index is 13.9. The number of nitrogens with one attached hydrogen (secondary N) is 1. The molecule has 1 amide bonds. The lowest BCUT2D eigenvalue weighted by molar-refractivity contribution is -0.385. The summed E-state index contributed by atoms with van der Waals surface area (Å²) in [7, 11) is 1.01. The zero-order chi connectivity index (χ0) is 18.7. The highest BCUT2D eigenvalue weighted by Gasteiger charge is 2.24. The van der Waals surface area contributed by atoms with Gasteiger partial charge in [0, 0.05) is 11.6 Å². The number of rotatable bonds is 4. The number of hydrogen-bond donors (Lipinski definition) is 1. The van der Waals surface area contributed by atoms with Crippen LogP contribution in [0.1, 0.15) is 26.3 Å². The predicted octanol–water partition coefficient (Wildman–Crippen LogP) is 3.22. The average molecular weight is 350 g/mol. The highest BCUT2D eigenvalue weighted by atomic mass is 19.1. The topological polar surface area (TPSA) is 98.5 Å². The van der Waals surface area contributed by atoms with Gasteiger partial charge in [-0.3, -0.25) is 14.9 Å². The molecule has 0 saturated carbocycles. The maximum atomic E-state index is 13.9. The molecular formula is C16H12F2N2O5. The van der Waals surface area contributed by atoms with Crippen LogP contribution in [0, 0.1) is 28.7 Å². The molecular weight excluding hydrogens is 338 g/mol. The van der Waals surface area contributed by atoms with Crippen molar-refractivity contribution in [2.75, 3.05) is 12.4 Å². The minimum Gasteiger partial charge on any atom is -0.465 e. The first-order valence-corrected chi connectivity index (χ1v) is 6.89. The molecule has 0 saturated heterocycles. The number of carbonyl (C=O) groups is 2. The first-order chi connectivity index (χ1) is 11.8. The summed E-state index contributed by atoms with van der Waals surface area (Å²) in [5.41, 5.74) is -1.59. The number of hydrogen-bond acceptors (Lipinski definition) is 5. The van der Waals surface area contributed by atoms with E-state index in [-0.39, 0.29) is 11.1 Å². The second kappa shape index (κ2) is 7.04. The van der Waals surface area contributed by atoms with E-state index in [4.69, 9.17) is 0 Å². The van der Waals surface area contributed by atoms with Crippen LogP contribution in [0.2, 0.25) is 0 Å². The predicted molar refractivity (Wildman–Crippen MR) is 83.5 cm³/mol. The maximum Gasteiger partial charge on any atom is 0.340 e. The van der Waals surface area contributed by atoms with E-state index in [0.29, 0.717) is 6.07 Å². The fraction of sp³-hybridized carbons (Fsp3) is 0.125. The molecule has 0 spiro atoms. The van der Waals surface area contributed by atoms with E-state index in [9.17, 15) is 28.5 Å². The molecule has 0 heterocycles. The van der Waals surface area contributed by atoms with Gasteiger partial charge in [-0.15, -0.1) is 0 Å². The molecule has 2 aromatic rings. The molecule has 130 valence electrons. The Morgan fingerprint density at radius 1 is 1.16 bits per heavy atom. The van der Waals surface area contributed by atoms with Gasteiger partial charge in [0.05, 0.1) is 23.3 Å².